The normalized spacial score (nSPS) is 10.1. The molecule has 0 saturated heterocycles. The molecule has 228 valence electrons. The van der Waals surface area contributed by atoms with Crippen LogP contribution in [-0.2, 0) is 19.6 Å². The van der Waals surface area contributed by atoms with E-state index >= 15 is 0 Å². The van der Waals surface area contributed by atoms with Gasteiger partial charge in [-0.3, -0.25) is 9.97 Å². The second-order valence-corrected chi connectivity index (χ2v) is 10.7. The van der Waals surface area contributed by atoms with E-state index in [1.54, 1.807) is 24.8 Å². The summed E-state index contributed by atoms with van der Waals surface area (Å²) in [6.07, 6.45) is 7.57. The monoisotopic (exact) mass is 612 g/mol. The molecule has 5 nitrogen and oxygen atoms in total. The molecule has 6 aromatic rings. The van der Waals surface area contributed by atoms with Crippen molar-refractivity contribution in [2.24, 2.45) is 0 Å². The number of hydrogen-bond donors (Lipinski definition) is 0. The van der Waals surface area contributed by atoms with Crippen LogP contribution in [0.4, 0.5) is 0 Å². The van der Waals surface area contributed by atoms with Crippen LogP contribution in [0.1, 0.15) is 38.9 Å². The Hall–Kier alpha value is -6.30. The lowest BCUT2D eigenvalue weighted by atomic mass is 10.1. The van der Waals surface area contributed by atoms with Gasteiger partial charge in [-0.25, -0.2) is 0 Å². The number of aromatic nitrogens is 2. The van der Waals surface area contributed by atoms with Crippen molar-refractivity contribution in [1.82, 2.24) is 9.97 Å². The number of nitrogens with zero attached hydrogens (tertiary/aromatic N) is 2. The molecule has 0 bridgehead atoms. The fourth-order valence-electron chi connectivity index (χ4n) is 4.70. The molecular weight excluding hydrogens is 580 g/mol. The lowest BCUT2D eigenvalue weighted by Crippen LogP contribution is -2.04. The minimum absolute atomic E-state index is 0.443. The Kier molecular flexibility index (Phi) is 10.5. The fraction of sp³-hybridized carbons (Fsp3) is 0.0952. The van der Waals surface area contributed by atoms with Crippen molar-refractivity contribution in [1.29, 1.82) is 0 Å². The van der Waals surface area contributed by atoms with Crippen LogP contribution in [0, 0.1) is 23.7 Å². The molecule has 4 aromatic carbocycles. The number of rotatable bonds is 10. The Morgan fingerprint density at radius 2 is 0.851 bits per heavy atom. The van der Waals surface area contributed by atoms with E-state index in [9.17, 15) is 0 Å². The minimum atomic E-state index is 0.443. The predicted molar refractivity (Wildman–Crippen MR) is 184 cm³/mol. The average Bonchev–Trinajstić information content (AvgIpc) is 3.13. The number of hydrogen-bond acceptors (Lipinski definition) is 5. The highest BCUT2D eigenvalue weighted by Crippen LogP contribution is 2.26. The summed E-state index contributed by atoms with van der Waals surface area (Å²) in [4.78, 5) is 8.15. The van der Waals surface area contributed by atoms with Gasteiger partial charge in [0.15, 0.2) is 0 Å². The molecule has 47 heavy (non-hydrogen) atoms. The fourth-order valence-corrected chi connectivity index (χ4v) is 4.70. The smallest absolute Gasteiger partial charge is 0.123 e. The van der Waals surface area contributed by atoms with Gasteiger partial charge in [0.05, 0.1) is 6.61 Å². The summed E-state index contributed by atoms with van der Waals surface area (Å²) >= 11 is 0. The van der Waals surface area contributed by atoms with Crippen LogP contribution >= 0.6 is 0 Å². The molecular formula is C42H32N2O3. The summed E-state index contributed by atoms with van der Waals surface area (Å²) in [5.74, 6) is 15.1. The number of benzene rings is 4. The Bertz CT molecular complexity index is 1870. The van der Waals surface area contributed by atoms with Gasteiger partial charge in [0.2, 0.25) is 0 Å². The molecule has 2 aromatic heterocycles. The Labute approximate surface area is 275 Å². The van der Waals surface area contributed by atoms with E-state index in [4.69, 9.17) is 14.2 Å². The second-order valence-electron chi connectivity index (χ2n) is 10.7. The van der Waals surface area contributed by atoms with Crippen LogP contribution < -0.4 is 14.2 Å². The molecule has 2 heterocycles. The first kappa shape index (κ1) is 30.7. The minimum Gasteiger partial charge on any atom is -0.493 e. The third-order valence-corrected chi connectivity index (χ3v) is 7.07. The van der Waals surface area contributed by atoms with Gasteiger partial charge in [0.25, 0.3) is 0 Å². The maximum Gasteiger partial charge on any atom is 0.123 e. The van der Waals surface area contributed by atoms with Crippen molar-refractivity contribution < 1.29 is 14.2 Å². The zero-order valence-electron chi connectivity index (χ0n) is 25.8. The van der Waals surface area contributed by atoms with E-state index in [2.05, 4.69) is 57.9 Å². The molecule has 0 unspecified atom stereocenters. The summed E-state index contributed by atoms with van der Waals surface area (Å²) < 4.78 is 18.7. The first-order valence-corrected chi connectivity index (χ1v) is 15.3. The third kappa shape index (κ3) is 9.85. The zero-order valence-corrected chi connectivity index (χ0v) is 25.8. The standard InChI is InChI=1S/C42H32N2O3/c1-3-7-35(8-4-1)31-46-41-28-39(29-42(30-41)47-32-36-9-5-2-6-10-36)19-24-45-40-26-37(13-11-33-15-20-43-21-16-33)25-38(27-40)14-12-34-17-22-44-23-18-34/h1-10,15-18,20-23,25-30H,19,24,31-32H2. The van der Waals surface area contributed by atoms with Crippen LogP contribution in [0.5, 0.6) is 17.2 Å². The topological polar surface area (TPSA) is 53.5 Å². The van der Waals surface area contributed by atoms with Crippen molar-refractivity contribution >= 4 is 0 Å². The Morgan fingerprint density at radius 3 is 1.34 bits per heavy atom. The molecule has 0 spiro atoms. The quantitative estimate of drug-likeness (QED) is 0.147. The van der Waals surface area contributed by atoms with Gasteiger partial charge in [-0.15, -0.1) is 0 Å². The van der Waals surface area contributed by atoms with Gasteiger partial charge in [0.1, 0.15) is 30.5 Å². The average molecular weight is 613 g/mol. The highest BCUT2D eigenvalue weighted by Gasteiger charge is 2.07. The SMILES string of the molecule is C(#Cc1cc(C#Cc2ccncc2)cc(OCCc2cc(OCc3ccccc3)cc(OCc3ccccc3)c2)c1)c1ccncc1. The molecule has 0 aliphatic carbocycles. The van der Waals surface area contributed by atoms with Crippen molar-refractivity contribution in [2.75, 3.05) is 6.61 Å². The zero-order chi connectivity index (χ0) is 31.9. The number of pyridine rings is 2. The van der Waals surface area contributed by atoms with Crippen LogP contribution in [0.2, 0.25) is 0 Å². The second kappa shape index (κ2) is 16.1. The van der Waals surface area contributed by atoms with Gasteiger partial charge in [0, 0.05) is 59.5 Å². The molecule has 5 heteroatoms. The summed E-state index contributed by atoms with van der Waals surface area (Å²) in [5.41, 5.74) is 6.64. The van der Waals surface area contributed by atoms with E-state index in [0.717, 1.165) is 50.4 Å². The summed E-state index contributed by atoms with van der Waals surface area (Å²) in [7, 11) is 0. The molecule has 0 amide bonds. The molecule has 0 aliphatic heterocycles. The van der Waals surface area contributed by atoms with Gasteiger partial charge in [-0.2, -0.15) is 0 Å². The van der Waals surface area contributed by atoms with Crippen LogP contribution in [0.25, 0.3) is 0 Å². The highest BCUT2D eigenvalue weighted by molar-refractivity contribution is 5.52. The lowest BCUT2D eigenvalue weighted by molar-refractivity contribution is 0.288. The van der Waals surface area contributed by atoms with Crippen LogP contribution in [-0.4, -0.2) is 16.6 Å². The van der Waals surface area contributed by atoms with Gasteiger partial charge in [-0.1, -0.05) is 84.3 Å². The first-order valence-electron chi connectivity index (χ1n) is 15.3. The molecule has 0 radical (unpaired) electrons. The Morgan fingerprint density at radius 1 is 0.404 bits per heavy atom. The van der Waals surface area contributed by atoms with Crippen molar-refractivity contribution in [3.8, 4) is 40.9 Å². The van der Waals surface area contributed by atoms with Crippen LogP contribution in [0.15, 0.2) is 146 Å². The molecule has 0 N–H and O–H groups in total. The predicted octanol–water partition coefficient (Wildman–Crippen LogP) is 8.06. The lowest BCUT2D eigenvalue weighted by Gasteiger charge is -2.13. The van der Waals surface area contributed by atoms with Gasteiger partial charge < -0.3 is 14.2 Å². The summed E-state index contributed by atoms with van der Waals surface area (Å²) in [6, 6.07) is 39.7. The van der Waals surface area contributed by atoms with Gasteiger partial charge in [-0.05, 0) is 71.3 Å². The van der Waals surface area contributed by atoms with Crippen molar-refractivity contribution in [2.45, 2.75) is 19.6 Å². The molecule has 0 atom stereocenters. The van der Waals surface area contributed by atoms with Crippen LogP contribution in [0.3, 0.4) is 0 Å². The maximum absolute atomic E-state index is 6.30. The highest BCUT2D eigenvalue weighted by atomic mass is 16.5. The third-order valence-electron chi connectivity index (χ3n) is 7.07. The Balaban J connectivity index is 1.19. The number of ether oxygens (including phenoxy) is 3. The summed E-state index contributed by atoms with van der Waals surface area (Å²) in [5, 5.41) is 0. The molecule has 0 aliphatic rings. The van der Waals surface area contributed by atoms with E-state index < -0.39 is 0 Å². The van der Waals surface area contributed by atoms with E-state index in [-0.39, 0.29) is 0 Å². The van der Waals surface area contributed by atoms with E-state index in [1.165, 1.54) is 0 Å². The van der Waals surface area contributed by atoms with E-state index in [1.807, 2.05) is 97.1 Å². The largest absolute Gasteiger partial charge is 0.493 e. The summed E-state index contributed by atoms with van der Waals surface area (Å²) in [6.45, 7) is 1.38. The van der Waals surface area contributed by atoms with Crippen molar-refractivity contribution in [3.63, 3.8) is 0 Å². The maximum atomic E-state index is 6.30. The van der Waals surface area contributed by atoms with Crippen molar-refractivity contribution in [3.05, 3.63) is 185 Å². The molecule has 6 rings (SSSR count). The van der Waals surface area contributed by atoms with E-state index in [0.29, 0.717) is 32.0 Å². The molecule has 0 fully saturated rings. The molecule has 0 saturated carbocycles. The van der Waals surface area contributed by atoms with Gasteiger partial charge >= 0.3 is 0 Å². The first-order chi connectivity index (χ1) is 23.2.